The lowest BCUT2D eigenvalue weighted by Crippen LogP contribution is -2.29. The van der Waals surface area contributed by atoms with Gasteiger partial charge in [-0.25, -0.2) is 0 Å². The maximum absolute atomic E-state index is 11.9. The third-order valence-corrected chi connectivity index (χ3v) is 3.63. The van der Waals surface area contributed by atoms with E-state index in [1.165, 1.54) is 0 Å². The fourth-order valence-corrected chi connectivity index (χ4v) is 2.68. The van der Waals surface area contributed by atoms with E-state index in [1.807, 2.05) is 6.07 Å². The highest BCUT2D eigenvalue weighted by atomic mass is 16.5. The second-order valence-electron chi connectivity index (χ2n) is 4.68. The second-order valence-corrected chi connectivity index (χ2v) is 4.68. The fourth-order valence-electron chi connectivity index (χ4n) is 2.68. The van der Waals surface area contributed by atoms with Crippen LogP contribution in [-0.4, -0.2) is 25.8 Å². The highest BCUT2D eigenvalue weighted by Gasteiger charge is 2.40. The molecular formula is C13H21NO3. The first-order valence-electron chi connectivity index (χ1n) is 6.23. The normalized spacial score (nSPS) is 29.6. The first-order valence-corrected chi connectivity index (χ1v) is 6.23. The smallest absolute Gasteiger partial charge is 0.310 e. The molecule has 4 nitrogen and oxygen atoms in total. The molecular weight excluding hydrogens is 218 g/mol. The second kappa shape index (κ2) is 6.61. The van der Waals surface area contributed by atoms with E-state index in [4.69, 9.17) is 14.7 Å². The lowest BCUT2D eigenvalue weighted by Gasteiger charge is -2.22. The van der Waals surface area contributed by atoms with E-state index in [2.05, 4.69) is 6.92 Å². The predicted octanol–water partition coefficient (Wildman–Crippen LogP) is 2.14. The van der Waals surface area contributed by atoms with Crippen LogP contribution < -0.4 is 0 Å². The van der Waals surface area contributed by atoms with Gasteiger partial charge in [-0.1, -0.05) is 13.3 Å². The number of hydrogen-bond donors (Lipinski definition) is 0. The van der Waals surface area contributed by atoms with Crippen LogP contribution in [0.3, 0.4) is 0 Å². The molecule has 96 valence electrons. The molecule has 4 atom stereocenters. The van der Waals surface area contributed by atoms with Crippen LogP contribution in [0.25, 0.3) is 0 Å². The van der Waals surface area contributed by atoms with Gasteiger partial charge in [0.1, 0.15) is 6.07 Å². The van der Waals surface area contributed by atoms with Crippen LogP contribution in [0.1, 0.15) is 33.1 Å². The molecule has 1 aliphatic rings. The fraction of sp³-hybridized carbons (Fsp3) is 0.846. The summed E-state index contributed by atoms with van der Waals surface area (Å²) in [6, 6.07) is 1.92. The molecule has 0 aromatic rings. The van der Waals surface area contributed by atoms with Crippen molar-refractivity contribution in [3.63, 3.8) is 0 Å². The van der Waals surface area contributed by atoms with Gasteiger partial charge in [-0.3, -0.25) is 4.79 Å². The summed E-state index contributed by atoms with van der Waals surface area (Å²) in [4.78, 5) is 11.9. The molecule has 1 rings (SSSR count). The minimum Gasteiger partial charge on any atom is -0.447 e. The molecule has 1 fully saturated rings. The molecule has 0 aliphatic heterocycles. The summed E-state index contributed by atoms with van der Waals surface area (Å²) in [5.74, 6) is 0.432. The Bertz CT molecular complexity index is 298. The molecule has 0 N–H and O–H groups in total. The molecule has 0 bridgehead atoms. The summed E-state index contributed by atoms with van der Waals surface area (Å²) in [6.07, 6.45) is 2.30. The van der Waals surface area contributed by atoms with Gasteiger partial charge < -0.3 is 9.47 Å². The van der Waals surface area contributed by atoms with Crippen molar-refractivity contribution in [2.75, 3.05) is 13.7 Å². The number of ether oxygens (including phenoxy) is 2. The van der Waals surface area contributed by atoms with Crippen molar-refractivity contribution in [1.82, 2.24) is 0 Å². The van der Waals surface area contributed by atoms with Crippen molar-refractivity contribution in [1.29, 1.82) is 5.26 Å². The Morgan fingerprint density at radius 1 is 1.53 bits per heavy atom. The van der Waals surface area contributed by atoms with Crippen molar-refractivity contribution in [2.24, 2.45) is 17.8 Å². The van der Waals surface area contributed by atoms with Crippen molar-refractivity contribution < 1.29 is 14.3 Å². The lowest BCUT2D eigenvalue weighted by molar-refractivity contribution is -0.153. The van der Waals surface area contributed by atoms with Crippen LogP contribution in [0, 0.1) is 29.1 Å². The van der Waals surface area contributed by atoms with Crippen molar-refractivity contribution in [3.8, 4) is 6.07 Å². The molecule has 0 saturated heterocycles. The Morgan fingerprint density at radius 3 is 2.76 bits per heavy atom. The number of hydrogen-bond acceptors (Lipinski definition) is 4. The zero-order valence-electron chi connectivity index (χ0n) is 10.8. The minimum absolute atomic E-state index is 0.101. The van der Waals surface area contributed by atoms with Gasteiger partial charge in [0, 0.05) is 7.11 Å². The van der Waals surface area contributed by atoms with Gasteiger partial charge in [0.05, 0.1) is 12.5 Å². The number of methoxy groups -OCH3 is 1. The van der Waals surface area contributed by atoms with Gasteiger partial charge >= 0.3 is 5.97 Å². The average Bonchev–Trinajstić information content (AvgIpc) is 2.72. The Hall–Kier alpha value is -1.08. The quantitative estimate of drug-likeness (QED) is 0.690. The SMILES string of the molecule is CCC1CCC(C(=O)OC(C)C#N)C1COC. The summed E-state index contributed by atoms with van der Waals surface area (Å²) >= 11 is 0. The van der Waals surface area contributed by atoms with Gasteiger partial charge in [-0.2, -0.15) is 5.26 Å². The number of nitriles is 1. The van der Waals surface area contributed by atoms with Crippen LogP contribution in [0.2, 0.25) is 0 Å². The molecule has 0 aromatic carbocycles. The van der Waals surface area contributed by atoms with Crippen LogP contribution in [-0.2, 0) is 14.3 Å². The van der Waals surface area contributed by atoms with Crippen LogP contribution >= 0.6 is 0 Å². The number of nitrogens with zero attached hydrogens (tertiary/aromatic N) is 1. The third-order valence-electron chi connectivity index (χ3n) is 3.63. The number of carbonyl (C=O) groups is 1. The van der Waals surface area contributed by atoms with Gasteiger partial charge in [0.15, 0.2) is 6.10 Å². The predicted molar refractivity (Wildman–Crippen MR) is 63.0 cm³/mol. The van der Waals surface area contributed by atoms with E-state index < -0.39 is 6.10 Å². The zero-order chi connectivity index (χ0) is 12.8. The van der Waals surface area contributed by atoms with Crippen molar-refractivity contribution in [2.45, 2.75) is 39.2 Å². The monoisotopic (exact) mass is 239 g/mol. The Balaban J connectivity index is 2.63. The largest absolute Gasteiger partial charge is 0.447 e. The lowest BCUT2D eigenvalue weighted by atomic mass is 9.88. The van der Waals surface area contributed by atoms with E-state index >= 15 is 0 Å². The maximum Gasteiger partial charge on any atom is 0.310 e. The van der Waals surface area contributed by atoms with E-state index in [1.54, 1.807) is 14.0 Å². The Labute approximate surface area is 103 Å². The van der Waals surface area contributed by atoms with Crippen molar-refractivity contribution >= 4 is 5.97 Å². The molecule has 17 heavy (non-hydrogen) atoms. The number of carbonyl (C=O) groups excluding carboxylic acids is 1. The van der Waals surface area contributed by atoms with Crippen LogP contribution in [0.15, 0.2) is 0 Å². The minimum atomic E-state index is -0.661. The first-order chi connectivity index (χ1) is 8.13. The Morgan fingerprint density at radius 2 is 2.24 bits per heavy atom. The molecule has 0 aromatic heterocycles. The van der Waals surface area contributed by atoms with E-state index in [9.17, 15) is 4.79 Å². The topological polar surface area (TPSA) is 59.3 Å². The number of rotatable bonds is 5. The molecule has 4 unspecified atom stereocenters. The third kappa shape index (κ3) is 3.44. The molecule has 1 saturated carbocycles. The summed E-state index contributed by atoms with van der Waals surface area (Å²) in [6.45, 7) is 4.33. The van der Waals surface area contributed by atoms with Crippen LogP contribution in [0.5, 0.6) is 0 Å². The van der Waals surface area contributed by atoms with Crippen LogP contribution in [0.4, 0.5) is 0 Å². The maximum atomic E-state index is 11.9. The van der Waals surface area contributed by atoms with Crippen molar-refractivity contribution in [3.05, 3.63) is 0 Å². The molecule has 0 radical (unpaired) electrons. The first kappa shape index (κ1) is 14.0. The summed E-state index contributed by atoms with van der Waals surface area (Å²) < 4.78 is 10.3. The molecule has 1 aliphatic carbocycles. The van der Waals surface area contributed by atoms with E-state index in [0.29, 0.717) is 12.5 Å². The van der Waals surface area contributed by atoms with Gasteiger partial charge in [-0.05, 0) is 31.6 Å². The van der Waals surface area contributed by atoms with E-state index in [-0.39, 0.29) is 17.8 Å². The molecule has 0 amide bonds. The highest BCUT2D eigenvalue weighted by molar-refractivity contribution is 5.73. The Kier molecular flexibility index (Phi) is 5.43. The van der Waals surface area contributed by atoms with Gasteiger partial charge in [0.2, 0.25) is 0 Å². The summed E-state index contributed by atoms with van der Waals surface area (Å²) in [7, 11) is 1.66. The van der Waals surface area contributed by atoms with Gasteiger partial charge in [-0.15, -0.1) is 0 Å². The molecule has 0 heterocycles. The zero-order valence-corrected chi connectivity index (χ0v) is 10.8. The number of esters is 1. The van der Waals surface area contributed by atoms with E-state index in [0.717, 1.165) is 19.3 Å². The summed E-state index contributed by atoms with van der Waals surface area (Å²) in [5.41, 5.74) is 0. The molecule has 0 spiro atoms. The average molecular weight is 239 g/mol. The standard InChI is InChI=1S/C13H21NO3/c1-4-10-5-6-11(12(10)8-16-3)13(15)17-9(2)7-14/h9-12H,4-6,8H2,1-3H3. The van der Waals surface area contributed by atoms with Gasteiger partial charge in [0.25, 0.3) is 0 Å². The highest BCUT2D eigenvalue weighted by Crippen LogP contribution is 2.39. The molecule has 4 heteroatoms. The summed E-state index contributed by atoms with van der Waals surface area (Å²) in [5, 5.41) is 8.64.